The average Bonchev–Trinajstić information content (AvgIpc) is 3.33. The Morgan fingerprint density at radius 1 is 1.06 bits per heavy atom. The molecule has 1 saturated heterocycles. The van der Waals surface area contributed by atoms with Gasteiger partial charge in [0, 0.05) is 44.5 Å². The number of rotatable bonds is 5. The minimum Gasteiger partial charge on any atom is -0.335 e. The number of hydrogen-bond acceptors (Lipinski definition) is 7. The molecule has 31 heavy (non-hydrogen) atoms. The first kappa shape index (κ1) is 21.1. The molecule has 3 heterocycles. The molecule has 4 rings (SSSR count). The number of hydrogen-bond donors (Lipinski definition) is 2. The van der Waals surface area contributed by atoms with Gasteiger partial charge < -0.3 is 10.6 Å². The summed E-state index contributed by atoms with van der Waals surface area (Å²) >= 11 is 0. The van der Waals surface area contributed by atoms with Gasteiger partial charge in [0.25, 0.3) is 5.91 Å². The van der Waals surface area contributed by atoms with E-state index in [1.54, 1.807) is 17.2 Å². The van der Waals surface area contributed by atoms with Crippen molar-refractivity contribution in [2.75, 3.05) is 32.4 Å². The van der Waals surface area contributed by atoms with E-state index in [0.717, 1.165) is 16.8 Å². The van der Waals surface area contributed by atoms with Crippen LogP contribution in [-0.4, -0.2) is 76.1 Å². The molecule has 162 valence electrons. The molecule has 3 aromatic rings. The molecule has 11 heteroatoms. The first-order valence-corrected chi connectivity index (χ1v) is 11.6. The van der Waals surface area contributed by atoms with E-state index in [0.29, 0.717) is 24.6 Å². The highest BCUT2D eigenvalue weighted by Gasteiger charge is 2.27. The topological polar surface area (TPSA) is 138 Å². The van der Waals surface area contributed by atoms with Crippen LogP contribution < -0.4 is 5.73 Å². The van der Waals surface area contributed by atoms with Crippen LogP contribution in [0.15, 0.2) is 42.6 Å². The summed E-state index contributed by atoms with van der Waals surface area (Å²) in [5, 5.41) is 6.87. The minimum absolute atomic E-state index is 0.171. The van der Waals surface area contributed by atoms with Crippen LogP contribution in [0.3, 0.4) is 0 Å². The standard InChI is InChI=1S/C20H23N7O3S/c1-31(29,30)27-10-8-26(9-11-27)20(28)18-12-16(13-21)23-19(24-18)15-4-2-14(3-5-15)17-6-7-22-25-17/h2-7,12H,8-11,13,21H2,1H3,(H,22,25). The maximum atomic E-state index is 13.0. The monoisotopic (exact) mass is 441 g/mol. The van der Waals surface area contributed by atoms with Crippen molar-refractivity contribution in [2.24, 2.45) is 5.73 Å². The quantitative estimate of drug-likeness (QED) is 0.594. The normalized spacial score (nSPS) is 15.2. The zero-order chi connectivity index (χ0) is 22.0. The van der Waals surface area contributed by atoms with Gasteiger partial charge in [-0.25, -0.2) is 18.4 Å². The summed E-state index contributed by atoms with van der Waals surface area (Å²) in [6, 6.07) is 11.1. The van der Waals surface area contributed by atoms with E-state index in [1.807, 2.05) is 30.3 Å². The fourth-order valence-corrected chi connectivity index (χ4v) is 4.27. The van der Waals surface area contributed by atoms with Gasteiger partial charge in [-0.3, -0.25) is 9.89 Å². The van der Waals surface area contributed by atoms with Crippen LogP contribution in [0.2, 0.25) is 0 Å². The third-order valence-corrected chi connectivity index (χ3v) is 6.46. The van der Waals surface area contributed by atoms with Crippen LogP contribution in [0.1, 0.15) is 16.2 Å². The minimum atomic E-state index is -3.27. The Kier molecular flexibility index (Phi) is 5.81. The summed E-state index contributed by atoms with van der Waals surface area (Å²) in [5.41, 5.74) is 9.22. The Hall–Kier alpha value is -3.15. The van der Waals surface area contributed by atoms with Crippen molar-refractivity contribution < 1.29 is 13.2 Å². The number of nitrogens with two attached hydrogens (primary N) is 1. The fourth-order valence-electron chi connectivity index (χ4n) is 3.44. The smallest absolute Gasteiger partial charge is 0.272 e. The zero-order valence-electron chi connectivity index (χ0n) is 17.0. The van der Waals surface area contributed by atoms with E-state index in [4.69, 9.17) is 5.73 Å². The van der Waals surface area contributed by atoms with Gasteiger partial charge in [0.1, 0.15) is 5.69 Å². The van der Waals surface area contributed by atoms with Gasteiger partial charge in [-0.2, -0.15) is 9.40 Å². The Morgan fingerprint density at radius 3 is 2.32 bits per heavy atom. The number of sulfonamides is 1. The molecule has 1 aromatic carbocycles. The third-order valence-electron chi connectivity index (χ3n) is 5.16. The molecular formula is C20H23N7O3S. The van der Waals surface area contributed by atoms with Crippen molar-refractivity contribution >= 4 is 15.9 Å². The second-order valence-corrected chi connectivity index (χ2v) is 9.26. The van der Waals surface area contributed by atoms with Gasteiger partial charge in [-0.05, 0) is 17.7 Å². The lowest BCUT2D eigenvalue weighted by Gasteiger charge is -2.33. The van der Waals surface area contributed by atoms with Crippen LogP contribution in [0.5, 0.6) is 0 Å². The molecule has 1 amide bonds. The van der Waals surface area contributed by atoms with Gasteiger partial charge in [-0.15, -0.1) is 0 Å². The predicted octanol–water partition coefficient (Wildman–Crippen LogP) is 0.710. The van der Waals surface area contributed by atoms with Gasteiger partial charge in [0.15, 0.2) is 5.82 Å². The maximum Gasteiger partial charge on any atom is 0.272 e. The van der Waals surface area contributed by atoms with E-state index in [-0.39, 0.29) is 31.2 Å². The molecule has 10 nitrogen and oxygen atoms in total. The summed E-state index contributed by atoms with van der Waals surface area (Å²) in [4.78, 5) is 23.6. The lowest BCUT2D eigenvalue weighted by molar-refractivity contribution is 0.0692. The number of nitrogens with zero attached hydrogens (tertiary/aromatic N) is 5. The van der Waals surface area contributed by atoms with E-state index in [1.165, 1.54) is 10.6 Å². The van der Waals surface area contributed by atoms with Crippen molar-refractivity contribution in [3.8, 4) is 22.6 Å². The number of amides is 1. The Morgan fingerprint density at radius 2 is 1.74 bits per heavy atom. The highest BCUT2D eigenvalue weighted by molar-refractivity contribution is 7.88. The van der Waals surface area contributed by atoms with Gasteiger partial charge in [0.05, 0.1) is 17.6 Å². The summed E-state index contributed by atoms with van der Waals surface area (Å²) in [5.74, 6) is 0.151. The van der Waals surface area contributed by atoms with Gasteiger partial charge in [-0.1, -0.05) is 24.3 Å². The average molecular weight is 442 g/mol. The van der Waals surface area contributed by atoms with Crippen LogP contribution in [0.4, 0.5) is 0 Å². The van der Waals surface area contributed by atoms with Gasteiger partial charge in [0.2, 0.25) is 10.0 Å². The van der Waals surface area contributed by atoms with Gasteiger partial charge >= 0.3 is 0 Å². The second kappa shape index (κ2) is 8.53. The molecule has 1 fully saturated rings. The number of H-pyrrole nitrogens is 1. The fraction of sp³-hybridized carbons (Fsp3) is 0.300. The molecule has 0 radical (unpaired) electrons. The molecule has 3 N–H and O–H groups in total. The molecule has 0 aliphatic carbocycles. The highest BCUT2D eigenvalue weighted by Crippen LogP contribution is 2.22. The SMILES string of the molecule is CS(=O)(=O)N1CCN(C(=O)c2cc(CN)nc(-c3ccc(-c4ccn[nH]4)cc3)n2)CC1. The highest BCUT2D eigenvalue weighted by atomic mass is 32.2. The first-order chi connectivity index (χ1) is 14.8. The van der Waals surface area contributed by atoms with Crippen molar-refractivity contribution in [3.05, 3.63) is 54.0 Å². The summed E-state index contributed by atoms with van der Waals surface area (Å²) in [7, 11) is -3.27. The number of carbonyl (C=O) groups is 1. The third kappa shape index (κ3) is 4.63. The second-order valence-electron chi connectivity index (χ2n) is 7.27. The molecule has 1 aliphatic heterocycles. The molecule has 0 bridgehead atoms. The molecular weight excluding hydrogens is 418 g/mol. The maximum absolute atomic E-state index is 13.0. The summed E-state index contributed by atoms with van der Waals surface area (Å²) in [6.07, 6.45) is 2.86. The van der Waals surface area contributed by atoms with Crippen LogP contribution in [-0.2, 0) is 16.6 Å². The van der Waals surface area contributed by atoms with Crippen molar-refractivity contribution in [1.82, 2.24) is 29.4 Å². The number of carbonyl (C=O) groups excluding carboxylic acids is 1. The lowest BCUT2D eigenvalue weighted by atomic mass is 10.1. The van der Waals surface area contributed by atoms with Crippen LogP contribution in [0.25, 0.3) is 22.6 Å². The number of aromatic amines is 1. The molecule has 2 aromatic heterocycles. The number of benzene rings is 1. The zero-order valence-corrected chi connectivity index (χ0v) is 17.8. The van der Waals surface area contributed by atoms with Crippen molar-refractivity contribution in [1.29, 1.82) is 0 Å². The van der Waals surface area contributed by atoms with E-state index < -0.39 is 10.0 Å². The van der Waals surface area contributed by atoms with Crippen LogP contribution in [0, 0.1) is 0 Å². The Bertz CT molecular complexity index is 1170. The Labute approximate surface area is 180 Å². The Balaban J connectivity index is 1.57. The van der Waals surface area contributed by atoms with E-state index in [9.17, 15) is 13.2 Å². The largest absolute Gasteiger partial charge is 0.335 e. The lowest BCUT2D eigenvalue weighted by Crippen LogP contribution is -2.50. The molecule has 0 atom stereocenters. The first-order valence-electron chi connectivity index (χ1n) is 9.78. The van der Waals surface area contributed by atoms with Crippen molar-refractivity contribution in [3.63, 3.8) is 0 Å². The molecule has 0 spiro atoms. The predicted molar refractivity (Wildman–Crippen MR) is 115 cm³/mol. The van der Waals surface area contributed by atoms with Crippen LogP contribution >= 0.6 is 0 Å². The molecule has 0 saturated carbocycles. The number of nitrogens with one attached hydrogen (secondary N) is 1. The summed E-state index contributed by atoms with van der Waals surface area (Å²) in [6.45, 7) is 1.32. The summed E-state index contributed by atoms with van der Waals surface area (Å²) < 4.78 is 24.8. The molecule has 0 unspecified atom stereocenters. The van der Waals surface area contributed by atoms with E-state index >= 15 is 0 Å². The number of aromatic nitrogens is 4. The van der Waals surface area contributed by atoms with E-state index in [2.05, 4.69) is 20.2 Å². The van der Waals surface area contributed by atoms with Crippen molar-refractivity contribution in [2.45, 2.75) is 6.54 Å². The number of piperazine rings is 1. The molecule has 1 aliphatic rings.